The van der Waals surface area contributed by atoms with Crippen LogP contribution in [-0.2, 0) is 30.9 Å². The highest BCUT2D eigenvalue weighted by Crippen LogP contribution is 2.13. The van der Waals surface area contributed by atoms with E-state index in [4.69, 9.17) is 4.74 Å². The van der Waals surface area contributed by atoms with E-state index in [1.54, 1.807) is 44.2 Å². The van der Waals surface area contributed by atoms with Crippen LogP contribution in [0.25, 0.3) is 0 Å². The van der Waals surface area contributed by atoms with Gasteiger partial charge >= 0.3 is 5.97 Å². The molecule has 0 aliphatic rings. The van der Waals surface area contributed by atoms with Gasteiger partial charge < -0.3 is 14.6 Å². The number of amides is 1. The molecule has 0 fully saturated rings. The molecule has 1 heterocycles. The second kappa shape index (κ2) is 9.99. The van der Waals surface area contributed by atoms with Gasteiger partial charge in [-0.25, -0.2) is 8.42 Å². The minimum absolute atomic E-state index is 0.101. The van der Waals surface area contributed by atoms with Gasteiger partial charge in [0, 0.05) is 31.0 Å². The fourth-order valence-electron chi connectivity index (χ4n) is 2.55. The Hall–Kier alpha value is -2.98. The van der Waals surface area contributed by atoms with Crippen LogP contribution in [0.1, 0.15) is 13.8 Å². The predicted octanol–water partition coefficient (Wildman–Crippen LogP) is 1.06. The summed E-state index contributed by atoms with van der Waals surface area (Å²) in [6.45, 7) is 2.91. The topological polar surface area (TPSA) is 115 Å². The molecule has 0 radical (unpaired) electrons. The number of esters is 1. The lowest BCUT2D eigenvalue weighted by Gasteiger charge is -2.18. The zero-order valence-corrected chi connectivity index (χ0v) is 17.0. The SMILES string of the molecule is CCN(CC)S(=O)(=O)c1ccc(=O)n(CC(=O)OCC(=O)Nc2ccccc2)c1. The van der Waals surface area contributed by atoms with Gasteiger partial charge in [-0.15, -0.1) is 0 Å². The molecule has 9 nitrogen and oxygen atoms in total. The molecular formula is C19H23N3O6S. The van der Waals surface area contributed by atoms with Crippen molar-refractivity contribution in [2.24, 2.45) is 0 Å². The van der Waals surface area contributed by atoms with Crippen molar-refractivity contribution in [2.75, 3.05) is 25.0 Å². The molecule has 0 saturated carbocycles. The van der Waals surface area contributed by atoms with E-state index in [1.165, 1.54) is 10.4 Å². The smallest absolute Gasteiger partial charge is 0.326 e. The lowest BCUT2D eigenvalue weighted by atomic mass is 10.3. The number of sulfonamides is 1. The van der Waals surface area contributed by atoms with Crippen LogP contribution in [0.5, 0.6) is 0 Å². The minimum Gasteiger partial charge on any atom is -0.454 e. The second-order valence-electron chi connectivity index (χ2n) is 6.00. The first kappa shape index (κ1) is 22.3. The number of rotatable bonds is 9. The molecule has 2 aromatic rings. The van der Waals surface area contributed by atoms with Crippen LogP contribution in [0.4, 0.5) is 5.69 Å². The number of carbonyl (C=O) groups is 2. The van der Waals surface area contributed by atoms with Crippen molar-refractivity contribution in [3.63, 3.8) is 0 Å². The van der Waals surface area contributed by atoms with Crippen molar-refractivity contribution in [3.05, 3.63) is 59.0 Å². The number of para-hydroxylation sites is 1. The van der Waals surface area contributed by atoms with Crippen LogP contribution >= 0.6 is 0 Å². The molecule has 0 spiro atoms. The fraction of sp³-hybridized carbons (Fsp3) is 0.316. The van der Waals surface area contributed by atoms with Crippen LogP contribution in [0.15, 0.2) is 58.4 Å². The first-order chi connectivity index (χ1) is 13.8. The van der Waals surface area contributed by atoms with E-state index < -0.39 is 40.6 Å². The van der Waals surface area contributed by atoms with E-state index in [2.05, 4.69) is 5.32 Å². The summed E-state index contributed by atoms with van der Waals surface area (Å²) in [5.41, 5.74) is -0.00624. The van der Waals surface area contributed by atoms with Crippen molar-refractivity contribution in [3.8, 4) is 0 Å². The van der Waals surface area contributed by atoms with E-state index in [0.29, 0.717) is 5.69 Å². The second-order valence-corrected chi connectivity index (χ2v) is 7.93. The van der Waals surface area contributed by atoms with E-state index in [-0.39, 0.29) is 18.0 Å². The zero-order valence-electron chi connectivity index (χ0n) is 16.2. The van der Waals surface area contributed by atoms with Gasteiger partial charge in [-0.2, -0.15) is 4.31 Å². The monoisotopic (exact) mass is 421 g/mol. The van der Waals surface area contributed by atoms with Crippen LogP contribution in [0.3, 0.4) is 0 Å². The molecule has 0 unspecified atom stereocenters. The Balaban J connectivity index is 2.03. The van der Waals surface area contributed by atoms with Crippen LogP contribution in [-0.4, -0.2) is 48.9 Å². The summed E-state index contributed by atoms with van der Waals surface area (Å²) in [6, 6.07) is 10.9. The molecule has 1 N–H and O–H groups in total. The summed E-state index contributed by atoms with van der Waals surface area (Å²) in [5, 5.41) is 2.56. The Morgan fingerprint density at radius 1 is 1.07 bits per heavy atom. The number of aromatic nitrogens is 1. The van der Waals surface area contributed by atoms with Crippen molar-refractivity contribution >= 4 is 27.6 Å². The van der Waals surface area contributed by atoms with E-state index >= 15 is 0 Å². The molecule has 0 saturated heterocycles. The summed E-state index contributed by atoms with van der Waals surface area (Å²) >= 11 is 0. The molecule has 1 aromatic carbocycles. The van der Waals surface area contributed by atoms with Gasteiger partial charge in [0.1, 0.15) is 6.54 Å². The summed E-state index contributed by atoms with van der Waals surface area (Å²) < 4.78 is 32.2. The quantitative estimate of drug-likeness (QED) is 0.606. The number of anilines is 1. The number of benzene rings is 1. The van der Waals surface area contributed by atoms with Gasteiger partial charge in [0.2, 0.25) is 10.0 Å². The molecule has 0 bridgehead atoms. The Morgan fingerprint density at radius 2 is 1.72 bits per heavy atom. The number of carbonyl (C=O) groups excluding carboxylic acids is 2. The maximum absolute atomic E-state index is 12.6. The maximum atomic E-state index is 12.6. The Kier molecular flexibility index (Phi) is 7.68. The summed E-state index contributed by atoms with van der Waals surface area (Å²) in [4.78, 5) is 35.7. The average molecular weight is 421 g/mol. The third kappa shape index (κ3) is 6.00. The van der Waals surface area contributed by atoms with Crippen LogP contribution in [0.2, 0.25) is 0 Å². The van der Waals surface area contributed by atoms with E-state index in [1.807, 2.05) is 0 Å². The number of nitrogens with one attached hydrogen (secondary N) is 1. The Morgan fingerprint density at radius 3 is 2.34 bits per heavy atom. The number of hydrogen-bond acceptors (Lipinski definition) is 6. The number of pyridine rings is 1. The standard InChI is InChI=1S/C19H23N3O6S/c1-3-22(4-2)29(26,27)16-10-11-18(24)21(12-16)13-19(25)28-14-17(23)20-15-8-6-5-7-9-15/h5-12H,3-4,13-14H2,1-2H3,(H,20,23). The molecule has 29 heavy (non-hydrogen) atoms. The third-order valence-corrected chi connectivity index (χ3v) is 6.05. The van der Waals surface area contributed by atoms with Crippen molar-refractivity contribution in [1.29, 1.82) is 0 Å². The molecule has 0 atom stereocenters. The molecule has 0 aliphatic carbocycles. The van der Waals surface area contributed by atoms with E-state index in [9.17, 15) is 22.8 Å². The summed E-state index contributed by atoms with van der Waals surface area (Å²) in [6.07, 6.45) is 1.10. The van der Waals surface area contributed by atoms with Gasteiger partial charge in [-0.05, 0) is 18.2 Å². The highest BCUT2D eigenvalue weighted by molar-refractivity contribution is 7.89. The van der Waals surface area contributed by atoms with Gasteiger partial charge in [-0.3, -0.25) is 14.4 Å². The number of hydrogen-bond donors (Lipinski definition) is 1. The highest BCUT2D eigenvalue weighted by Gasteiger charge is 2.22. The van der Waals surface area contributed by atoms with Gasteiger partial charge in [0.05, 0.1) is 4.90 Å². The molecule has 1 aromatic heterocycles. The first-order valence-electron chi connectivity index (χ1n) is 8.99. The largest absolute Gasteiger partial charge is 0.454 e. The van der Waals surface area contributed by atoms with Gasteiger partial charge in [0.25, 0.3) is 11.5 Å². The number of nitrogens with zero attached hydrogens (tertiary/aromatic N) is 2. The Bertz CT molecular complexity index is 1010. The molecule has 1 amide bonds. The van der Waals surface area contributed by atoms with Crippen molar-refractivity contribution < 1.29 is 22.7 Å². The van der Waals surface area contributed by atoms with Gasteiger partial charge in [-0.1, -0.05) is 32.0 Å². The molecule has 10 heteroatoms. The normalized spacial score (nSPS) is 11.3. The minimum atomic E-state index is -3.78. The fourth-order valence-corrected chi connectivity index (χ4v) is 4.03. The maximum Gasteiger partial charge on any atom is 0.326 e. The summed E-state index contributed by atoms with van der Waals surface area (Å²) in [5.74, 6) is -1.37. The lowest BCUT2D eigenvalue weighted by molar-refractivity contribution is -0.147. The number of ether oxygens (including phenoxy) is 1. The summed E-state index contributed by atoms with van der Waals surface area (Å²) in [7, 11) is -3.78. The lowest BCUT2D eigenvalue weighted by Crippen LogP contribution is -2.32. The molecular weight excluding hydrogens is 398 g/mol. The molecule has 156 valence electrons. The van der Waals surface area contributed by atoms with Gasteiger partial charge in [0.15, 0.2) is 6.61 Å². The van der Waals surface area contributed by atoms with Crippen LogP contribution < -0.4 is 10.9 Å². The van der Waals surface area contributed by atoms with Crippen LogP contribution in [0, 0.1) is 0 Å². The van der Waals surface area contributed by atoms with Crippen molar-refractivity contribution in [1.82, 2.24) is 8.87 Å². The van der Waals surface area contributed by atoms with Crippen molar-refractivity contribution in [2.45, 2.75) is 25.3 Å². The average Bonchev–Trinajstić information content (AvgIpc) is 2.69. The predicted molar refractivity (Wildman–Crippen MR) is 107 cm³/mol. The first-order valence-corrected chi connectivity index (χ1v) is 10.4. The van der Waals surface area contributed by atoms with E-state index in [0.717, 1.165) is 16.8 Å². The Labute approximate surface area is 169 Å². The zero-order chi connectivity index (χ0) is 21.4. The molecule has 0 aliphatic heterocycles. The molecule has 2 rings (SSSR count). The third-order valence-electron chi connectivity index (χ3n) is 4.02. The highest BCUT2D eigenvalue weighted by atomic mass is 32.2.